The normalized spacial score (nSPS) is 15.1. The maximum Gasteiger partial charge on any atom is 0.453 e. The molecule has 7 nitrogen and oxygen atoms in total. The van der Waals surface area contributed by atoms with Gasteiger partial charge in [-0.05, 0) is 45.7 Å². The summed E-state index contributed by atoms with van der Waals surface area (Å²) in [6.45, 7) is 7.20. The van der Waals surface area contributed by atoms with Crippen molar-refractivity contribution in [3.63, 3.8) is 0 Å². The molecule has 0 radical (unpaired) electrons. The second kappa shape index (κ2) is 7.21. The first-order valence-corrected chi connectivity index (χ1v) is 9.76. The lowest BCUT2D eigenvalue weighted by Gasteiger charge is -2.18. The van der Waals surface area contributed by atoms with Gasteiger partial charge in [-0.1, -0.05) is 12.1 Å². The summed E-state index contributed by atoms with van der Waals surface area (Å²) in [6.07, 6.45) is -3.69. The van der Waals surface area contributed by atoms with E-state index in [1.54, 1.807) is 26.0 Å². The second-order valence-electron chi connectivity index (χ2n) is 8.16. The molecular weight excluding hydrogens is 413 g/mol. The number of esters is 1. The fraction of sp³-hybridized carbons (Fsp3) is 0.429. The average Bonchev–Trinajstić information content (AvgIpc) is 3.21. The van der Waals surface area contributed by atoms with E-state index in [0.717, 1.165) is 16.5 Å². The van der Waals surface area contributed by atoms with Crippen LogP contribution in [-0.4, -0.2) is 31.2 Å². The fourth-order valence-corrected chi connectivity index (χ4v) is 3.76. The zero-order chi connectivity index (χ0) is 22.6. The molecule has 10 heteroatoms. The topological polar surface area (TPSA) is 78.6 Å². The Morgan fingerprint density at radius 1 is 1.26 bits per heavy atom. The number of aryl methyl sites for hydroxylation is 2. The van der Waals surface area contributed by atoms with E-state index in [9.17, 15) is 18.0 Å². The van der Waals surface area contributed by atoms with Crippen molar-refractivity contribution in [1.82, 2.24) is 19.6 Å². The van der Waals surface area contributed by atoms with E-state index in [1.807, 2.05) is 19.9 Å². The van der Waals surface area contributed by atoms with E-state index in [2.05, 4.69) is 15.1 Å². The number of alkyl halides is 3. The number of rotatable bonds is 4. The van der Waals surface area contributed by atoms with E-state index >= 15 is 0 Å². The molecule has 0 N–H and O–H groups in total. The fourth-order valence-electron chi connectivity index (χ4n) is 3.76. The minimum Gasteiger partial charge on any atom is -0.483 e. The molecule has 0 unspecified atom stereocenters. The maximum atomic E-state index is 12.9. The number of benzene rings is 1. The highest BCUT2D eigenvalue weighted by atomic mass is 19.4. The molecule has 0 fully saturated rings. The molecule has 31 heavy (non-hydrogen) atoms. The van der Waals surface area contributed by atoms with Crippen molar-refractivity contribution < 1.29 is 27.4 Å². The van der Waals surface area contributed by atoms with Gasteiger partial charge in [-0.2, -0.15) is 18.2 Å². The number of hydrogen-bond donors (Lipinski definition) is 0. The zero-order valence-electron chi connectivity index (χ0n) is 17.5. The Morgan fingerprint density at radius 2 is 2.00 bits per heavy atom. The van der Waals surface area contributed by atoms with Crippen molar-refractivity contribution in [1.29, 1.82) is 0 Å². The van der Waals surface area contributed by atoms with Crippen molar-refractivity contribution >= 4 is 11.7 Å². The predicted octanol–water partition coefficient (Wildman–Crippen LogP) is 4.01. The standard InChI is InChI=1S/C21H21F3N4O3/c1-11-14(12(2)28-19(25-11)26-18(27-28)21(22,23)24)8-9-16(29)30-15-7-5-6-13-10-20(3,4)31-17(13)15/h5-7H,8-10H2,1-4H3. The number of fused-ring (bicyclic) bond motifs is 2. The van der Waals surface area contributed by atoms with Gasteiger partial charge in [-0.25, -0.2) is 9.50 Å². The van der Waals surface area contributed by atoms with Crippen molar-refractivity contribution in [3.8, 4) is 11.5 Å². The number of nitrogens with zero attached hydrogens (tertiary/aromatic N) is 4. The summed E-state index contributed by atoms with van der Waals surface area (Å²) >= 11 is 0. The highest BCUT2D eigenvalue weighted by Crippen LogP contribution is 2.41. The third-order valence-corrected chi connectivity index (χ3v) is 5.16. The highest BCUT2D eigenvalue weighted by Gasteiger charge is 2.37. The van der Waals surface area contributed by atoms with Crippen LogP contribution in [0.5, 0.6) is 11.5 Å². The van der Waals surface area contributed by atoms with Crippen molar-refractivity contribution in [3.05, 3.63) is 46.5 Å². The van der Waals surface area contributed by atoms with Gasteiger partial charge in [0.15, 0.2) is 11.5 Å². The van der Waals surface area contributed by atoms with Crippen LogP contribution in [0.25, 0.3) is 5.78 Å². The first-order valence-electron chi connectivity index (χ1n) is 9.76. The molecule has 0 bridgehead atoms. The van der Waals surface area contributed by atoms with Gasteiger partial charge in [0, 0.05) is 23.4 Å². The lowest BCUT2D eigenvalue weighted by atomic mass is 10.0. The third kappa shape index (κ3) is 4.06. The highest BCUT2D eigenvalue weighted by molar-refractivity contribution is 5.74. The minimum atomic E-state index is -4.66. The summed E-state index contributed by atoms with van der Waals surface area (Å²) in [5, 5.41) is 3.52. The summed E-state index contributed by atoms with van der Waals surface area (Å²) < 4.78 is 51.3. The largest absolute Gasteiger partial charge is 0.483 e. The van der Waals surface area contributed by atoms with Gasteiger partial charge in [-0.15, -0.1) is 5.10 Å². The first kappa shape index (κ1) is 21.1. The van der Waals surface area contributed by atoms with E-state index in [1.165, 1.54) is 0 Å². The Morgan fingerprint density at radius 3 is 2.71 bits per heavy atom. The lowest BCUT2D eigenvalue weighted by Crippen LogP contribution is -2.24. The van der Waals surface area contributed by atoms with E-state index in [-0.39, 0.29) is 24.2 Å². The van der Waals surface area contributed by atoms with Crippen molar-refractivity contribution in [2.45, 2.75) is 58.7 Å². The minimum absolute atomic E-state index is 0.0166. The molecule has 3 aromatic rings. The summed E-state index contributed by atoms with van der Waals surface area (Å²) in [6, 6.07) is 5.42. The molecule has 2 aromatic heterocycles. The lowest BCUT2D eigenvalue weighted by molar-refractivity contribution is -0.144. The van der Waals surface area contributed by atoms with Crippen LogP contribution in [0.2, 0.25) is 0 Å². The summed E-state index contributed by atoms with van der Waals surface area (Å²) in [4.78, 5) is 20.1. The quantitative estimate of drug-likeness (QED) is 0.456. The monoisotopic (exact) mass is 434 g/mol. The van der Waals surface area contributed by atoms with Gasteiger partial charge < -0.3 is 9.47 Å². The van der Waals surface area contributed by atoms with Gasteiger partial charge in [0.25, 0.3) is 11.6 Å². The van der Waals surface area contributed by atoms with Crippen molar-refractivity contribution in [2.24, 2.45) is 0 Å². The average molecular weight is 434 g/mol. The Balaban J connectivity index is 1.51. The molecule has 0 aliphatic carbocycles. The number of carbonyl (C=O) groups excluding carboxylic acids is 1. The van der Waals surface area contributed by atoms with Gasteiger partial charge in [-0.3, -0.25) is 4.79 Å². The van der Waals surface area contributed by atoms with Crippen LogP contribution in [0.1, 0.15) is 48.6 Å². The number of aromatic nitrogens is 4. The van der Waals surface area contributed by atoms with Crippen LogP contribution in [0.3, 0.4) is 0 Å². The molecule has 0 saturated heterocycles. The van der Waals surface area contributed by atoms with Crippen LogP contribution in [0.4, 0.5) is 13.2 Å². The molecule has 1 aliphatic rings. The maximum absolute atomic E-state index is 12.9. The van der Waals surface area contributed by atoms with Gasteiger partial charge in [0.1, 0.15) is 5.60 Å². The molecule has 1 aliphatic heterocycles. The molecule has 0 spiro atoms. The molecule has 0 saturated carbocycles. The SMILES string of the molecule is Cc1nc2nc(C(F)(F)F)nn2c(C)c1CCC(=O)Oc1cccc2c1OC(C)(C)C2. The second-order valence-corrected chi connectivity index (χ2v) is 8.16. The molecule has 1 aromatic carbocycles. The molecular formula is C21H21F3N4O3. The molecule has 0 amide bonds. The molecule has 3 heterocycles. The Labute approximate surface area is 176 Å². The van der Waals surface area contributed by atoms with Crippen LogP contribution >= 0.6 is 0 Å². The Kier molecular flexibility index (Phi) is 4.90. The summed E-state index contributed by atoms with van der Waals surface area (Å²) in [5.74, 6) is -0.928. The smallest absolute Gasteiger partial charge is 0.453 e. The Bertz CT molecular complexity index is 1180. The van der Waals surface area contributed by atoms with Crippen LogP contribution in [-0.2, 0) is 23.8 Å². The van der Waals surface area contributed by atoms with Crippen molar-refractivity contribution in [2.75, 3.05) is 0 Å². The summed E-state index contributed by atoms with van der Waals surface area (Å²) in [5.41, 5.74) is 2.17. The molecule has 164 valence electrons. The van der Waals surface area contributed by atoms with Crippen LogP contribution in [0, 0.1) is 13.8 Å². The number of para-hydroxylation sites is 1. The van der Waals surface area contributed by atoms with E-state index < -0.39 is 18.0 Å². The Hall–Kier alpha value is -3.17. The number of halogens is 3. The molecule has 4 rings (SSSR count). The first-order chi connectivity index (χ1) is 14.4. The van der Waals surface area contributed by atoms with Gasteiger partial charge in [0.2, 0.25) is 0 Å². The van der Waals surface area contributed by atoms with E-state index in [4.69, 9.17) is 9.47 Å². The third-order valence-electron chi connectivity index (χ3n) is 5.16. The number of carbonyl (C=O) groups is 1. The summed E-state index contributed by atoms with van der Waals surface area (Å²) in [7, 11) is 0. The predicted molar refractivity (Wildman–Crippen MR) is 104 cm³/mol. The number of ether oxygens (including phenoxy) is 2. The van der Waals surface area contributed by atoms with Crippen LogP contribution < -0.4 is 9.47 Å². The molecule has 0 atom stereocenters. The van der Waals surface area contributed by atoms with Gasteiger partial charge in [0.05, 0.1) is 6.42 Å². The zero-order valence-corrected chi connectivity index (χ0v) is 17.5. The van der Waals surface area contributed by atoms with Crippen LogP contribution in [0.15, 0.2) is 18.2 Å². The number of hydrogen-bond acceptors (Lipinski definition) is 6. The van der Waals surface area contributed by atoms with Gasteiger partial charge >= 0.3 is 12.1 Å². The van der Waals surface area contributed by atoms with E-state index in [0.29, 0.717) is 28.5 Å².